The first-order valence-corrected chi connectivity index (χ1v) is 9.08. The predicted octanol–water partition coefficient (Wildman–Crippen LogP) is 2.58. The fourth-order valence-electron chi connectivity index (χ4n) is 3.59. The molecule has 0 radical (unpaired) electrons. The summed E-state index contributed by atoms with van der Waals surface area (Å²) >= 11 is 0. The molecule has 28 heavy (non-hydrogen) atoms. The number of rotatable bonds is 5. The summed E-state index contributed by atoms with van der Waals surface area (Å²) in [5.41, 5.74) is 0.577. The van der Waals surface area contributed by atoms with Crippen molar-refractivity contribution in [3.63, 3.8) is 0 Å². The van der Waals surface area contributed by atoms with Gasteiger partial charge in [0.2, 0.25) is 18.1 Å². The van der Waals surface area contributed by atoms with E-state index in [2.05, 4.69) is 20.9 Å². The maximum Gasteiger partial charge on any atom is 0.397 e. The Morgan fingerprint density at radius 2 is 1.93 bits per heavy atom. The van der Waals surface area contributed by atoms with Crippen LogP contribution in [0.3, 0.4) is 0 Å². The van der Waals surface area contributed by atoms with Crippen molar-refractivity contribution in [3.05, 3.63) is 35.9 Å². The summed E-state index contributed by atoms with van der Waals surface area (Å²) < 4.78 is 37.3. The second-order valence-electron chi connectivity index (χ2n) is 6.94. The summed E-state index contributed by atoms with van der Waals surface area (Å²) in [6.45, 7) is 0.157. The van der Waals surface area contributed by atoms with Gasteiger partial charge in [0, 0.05) is 25.0 Å². The zero-order valence-corrected chi connectivity index (χ0v) is 15.6. The Morgan fingerprint density at radius 3 is 2.46 bits per heavy atom. The molecule has 3 N–H and O–H groups in total. The Labute approximate surface area is 162 Å². The maximum absolute atomic E-state index is 12.4. The number of amides is 1. The van der Waals surface area contributed by atoms with E-state index in [1.807, 2.05) is 30.3 Å². The number of guanidine groups is 1. The van der Waals surface area contributed by atoms with Crippen LogP contribution in [0, 0.1) is 11.5 Å². The van der Waals surface area contributed by atoms with E-state index < -0.39 is 23.9 Å². The molecule has 1 aliphatic rings. The highest BCUT2D eigenvalue weighted by Gasteiger charge is 2.38. The van der Waals surface area contributed by atoms with Crippen molar-refractivity contribution >= 4 is 11.9 Å². The lowest BCUT2D eigenvalue weighted by molar-refractivity contribution is -0.154. The zero-order chi connectivity index (χ0) is 20.6. The zero-order valence-electron chi connectivity index (χ0n) is 15.6. The summed E-state index contributed by atoms with van der Waals surface area (Å²) in [5, 5.41) is 17.2. The van der Waals surface area contributed by atoms with Gasteiger partial charge in [0.1, 0.15) is 6.42 Å². The Morgan fingerprint density at radius 1 is 1.29 bits per heavy atom. The van der Waals surface area contributed by atoms with Gasteiger partial charge >= 0.3 is 6.18 Å². The molecule has 1 aromatic carbocycles. The SMILES string of the molecule is CN/C(=N\C#N)N[C@H]1CC[C@](CNC(=O)CC(F)(F)F)(c2ccccc2)CC1. The Hall–Kier alpha value is -2.76. The summed E-state index contributed by atoms with van der Waals surface area (Å²) in [5.74, 6) is -0.625. The number of hydrogen-bond donors (Lipinski definition) is 3. The molecule has 2 rings (SSSR count). The van der Waals surface area contributed by atoms with Gasteiger partial charge in [-0.05, 0) is 31.2 Å². The molecule has 0 saturated heterocycles. The minimum atomic E-state index is -4.52. The van der Waals surface area contributed by atoms with Crippen molar-refractivity contribution < 1.29 is 18.0 Å². The van der Waals surface area contributed by atoms with Gasteiger partial charge in [-0.3, -0.25) is 4.79 Å². The number of alkyl halides is 3. The Kier molecular flexibility index (Phi) is 7.26. The fourth-order valence-corrected chi connectivity index (χ4v) is 3.59. The van der Waals surface area contributed by atoms with Gasteiger partial charge in [-0.2, -0.15) is 18.4 Å². The molecule has 1 amide bonds. The first-order valence-electron chi connectivity index (χ1n) is 9.08. The molecule has 9 heteroatoms. The molecule has 0 bridgehead atoms. The summed E-state index contributed by atoms with van der Waals surface area (Å²) in [4.78, 5) is 15.4. The fraction of sp³-hybridized carbons (Fsp3) is 0.526. The van der Waals surface area contributed by atoms with Crippen molar-refractivity contribution in [1.29, 1.82) is 5.26 Å². The lowest BCUT2D eigenvalue weighted by Crippen LogP contribution is -2.49. The van der Waals surface area contributed by atoms with Crippen LogP contribution in [-0.4, -0.2) is 37.7 Å². The number of hydrogen-bond acceptors (Lipinski definition) is 3. The molecule has 1 fully saturated rings. The second-order valence-corrected chi connectivity index (χ2v) is 6.94. The molecule has 1 aromatic rings. The van der Waals surface area contributed by atoms with E-state index in [0.717, 1.165) is 18.4 Å². The van der Waals surface area contributed by atoms with Crippen LogP contribution in [0.25, 0.3) is 0 Å². The van der Waals surface area contributed by atoms with E-state index in [-0.39, 0.29) is 12.6 Å². The van der Waals surface area contributed by atoms with E-state index in [0.29, 0.717) is 18.8 Å². The van der Waals surface area contributed by atoms with Crippen molar-refractivity contribution in [3.8, 4) is 6.19 Å². The molecule has 1 saturated carbocycles. The average molecular weight is 395 g/mol. The first-order chi connectivity index (χ1) is 13.3. The molecule has 0 aromatic heterocycles. The summed E-state index contributed by atoms with van der Waals surface area (Å²) in [6.07, 6.45) is -1.43. The Bertz CT molecular complexity index is 719. The molecule has 6 nitrogen and oxygen atoms in total. The molecular weight excluding hydrogens is 371 g/mol. The second kappa shape index (κ2) is 9.44. The molecule has 0 spiro atoms. The first kappa shape index (κ1) is 21.5. The van der Waals surface area contributed by atoms with Crippen LogP contribution in [0.2, 0.25) is 0 Å². The van der Waals surface area contributed by atoms with Crippen LogP contribution in [0.15, 0.2) is 35.3 Å². The highest BCUT2D eigenvalue weighted by Crippen LogP contribution is 2.39. The van der Waals surface area contributed by atoms with Crippen LogP contribution in [0.1, 0.15) is 37.7 Å². The number of nitrogens with one attached hydrogen (secondary N) is 3. The highest BCUT2D eigenvalue weighted by molar-refractivity contribution is 5.80. The van der Waals surface area contributed by atoms with E-state index in [1.165, 1.54) is 0 Å². The number of nitrogens with zero attached hydrogens (tertiary/aromatic N) is 2. The van der Waals surface area contributed by atoms with Gasteiger partial charge in [-0.15, -0.1) is 4.99 Å². The lowest BCUT2D eigenvalue weighted by Gasteiger charge is -2.41. The smallest absolute Gasteiger partial charge is 0.359 e. The van der Waals surface area contributed by atoms with Crippen molar-refractivity contribution in [2.24, 2.45) is 4.99 Å². The molecule has 1 aliphatic carbocycles. The number of nitriles is 1. The molecular formula is C19H24F3N5O. The van der Waals surface area contributed by atoms with Crippen LogP contribution < -0.4 is 16.0 Å². The van der Waals surface area contributed by atoms with Crippen LogP contribution in [-0.2, 0) is 10.2 Å². The average Bonchev–Trinajstić information content (AvgIpc) is 2.66. The van der Waals surface area contributed by atoms with Gasteiger partial charge < -0.3 is 16.0 Å². The number of benzene rings is 1. The van der Waals surface area contributed by atoms with Gasteiger partial charge in [0.05, 0.1) is 0 Å². The third kappa shape index (κ3) is 6.15. The van der Waals surface area contributed by atoms with Gasteiger partial charge in [-0.1, -0.05) is 30.3 Å². The predicted molar refractivity (Wildman–Crippen MR) is 99.3 cm³/mol. The van der Waals surface area contributed by atoms with Crippen molar-refractivity contribution in [1.82, 2.24) is 16.0 Å². The van der Waals surface area contributed by atoms with Crippen LogP contribution in [0.4, 0.5) is 13.2 Å². The standard InChI is InChI=1S/C19H24F3N5O/c1-24-17(26-13-23)27-15-7-9-18(10-8-15,14-5-3-2-4-6-14)12-25-16(28)11-19(20,21)22/h2-6,15H,7-12H2,1H3,(H,25,28)(H2,24,26,27)/t15-,18-. The molecule has 0 aliphatic heterocycles. The monoisotopic (exact) mass is 395 g/mol. The van der Waals surface area contributed by atoms with Gasteiger partial charge in [-0.25, -0.2) is 0 Å². The third-order valence-corrected chi connectivity index (χ3v) is 5.05. The number of halogens is 3. The largest absolute Gasteiger partial charge is 0.397 e. The summed E-state index contributed by atoms with van der Waals surface area (Å²) in [7, 11) is 1.66. The molecule has 0 unspecified atom stereocenters. The minimum absolute atomic E-state index is 0.0854. The normalized spacial score (nSPS) is 22.8. The number of aliphatic imine (C=N–C) groups is 1. The number of carbonyl (C=O) groups is 1. The van der Waals surface area contributed by atoms with E-state index in [9.17, 15) is 18.0 Å². The molecule has 0 heterocycles. The topological polar surface area (TPSA) is 89.3 Å². The van der Waals surface area contributed by atoms with Crippen LogP contribution in [0.5, 0.6) is 0 Å². The Balaban J connectivity index is 2.07. The van der Waals surface area contributed by atoms with Crippen molar-refractivity contribution in [2.75, 3.05) is 13.6 Å². The van der Waals surface area contributed by atoms with E-state index in [4.69, 9.17) is 5.26 Å². The van der Waals surface area contributed by atoms with E-state index >= 15 is 0 Å². The molecule has 0 atom stereocenters. The number of carbonyl (C=O) groups excluding carboxylic acids is 1. The molecule has 152 valence electrons. The quantitative estimate of drug-likeness (QED) is 0.406. The van der Waals surface area contributed by atoms with Crippen molar-refractivity contribution in [2.45, 2.75) is 49.7 Å². The highest BCUT2D eigenvalue weighted by atomic mass is 19.4. The lowest BCUT2D eigenvalue weighted by atomic mass is 9.68. The van der Waals surface area contributed by atoms with Gasteiger partial charge in [0.15, 0.2) is 0 Å². The minimum Gasteiger partial charge on any atom is -0.359 e. The van der Waals surface area contributed by atoms with Gasteiger partial charge in [0.25, 0.3) is 0 Å². The van der Waals surface area contributed by atoms with E-state index in [1.54, 1.807) is 13.2 Å². The maximum atomic E-state index is 12.4. The van der Waals surface area contributed by atoms with Crippen LogP contribution >= 0.6 is 0 Å². The summed E-state index contributed by atoms with van der Waals surface area (Å²) in [6, 6.07) is 9.63. The third-order valence-electron chi connectivity index (χ3n) is 5.05.